The van der Waals surface area contributed by atoms with Crippen molar-refractivity contribution in [2.24, 2.45) is 0 Å². The second-order valence-corrected chi connectivity index (χ2v) is 7.32. The lowest BCUT2D eigenvalue weighted by Gasteiger charge is -2.34. The second kappa shape index (κ2) is 7.94. The van der Waals surface area contributed by atoms with E-state index in [0.29, 0.717) is 31.1 Å². The van der Waals surface area contributed by atoms with Crippen LogP contribution in [0.15, 0.2) is 48.5 Å². The van der Waals surface area contributed by atoms with E-state index in [1.54, 1.807) is 12.1 Å². The third-order valence-corrected chi connectivity index (χ3v) is 5.31. The van der Waals surface area contributed by atoms with Gasteiger partial charge in [0.2, 0.25) is 5.91 Å². The fraction of sp³-hybridized carbons (Fsp3) is 0.350. The molecule has 2 N–H and O–H groups in total. The maximum Gasteiger partial charge on any atom is 0.241 e. The van der Waals surface area contributed by atoms with Gasteiger partial charge in [-0.05, 0) is 41.8 Å². The number of hydrogen-bond acceptors (Lipinski definition) is 4. The Balaban J connectivity index is 1.40. The zero-order chi connectivity index (χ0) is 18.8. The van der Waals surface area contributed by atoms with Crippen LogP contribution in [0.1, 0.15) is 29.7 Å². The topological polar surface area (TPSA) is 53.6 Å². The van der Waals surface area contributed by atoms with Gasteiger partial charge in [-0.3, -0.25) is 4.79 Å². The van der Waals surface area contributed by atoms with Gasteiger partial charge in [-0.1, -0.05) is 35.9 Å². The minimum absolute atomic E-state index is 0.0339. The number of hydrazine groups is 1. The Morgan fingerprint density at radius 2 is 1.96 bits per heavy atom. The molecule has 142 valence electrons. The van der Waals surface area contributed by atoms with Crippen LogP contribution in [0.4, 0.5) is 4.39 Å². The van der Waals surface area contributed by atoms with E-state index >= 15 is 0 Å². The summed E-state index contributed by atoms with van der Waals surface area (Å²) in [6, 6.07) is 13.6. The monoisotopic (exact) mass is 389 g/mol. The molecule has 27 heavy (non-hydrogen) atoms. The molecule has 1 amide bonds. The van der Waals surface area contributed by atoms with Gasteiger partial charge in [0, 0.05) is 17.6 Å². The molecule has 0 radical (unpaired) electrons. The standard InChI is InChI=1S/C20H21ClFN3O2/c21-15-3-1-2-14(10-15)17-11-18(24-23-17)20(26)25-8-9-27-19(12-25)13-4-6-16(22)7-5-13/h1-7,10,17-19,23-24H,8-9,11-12H2. The molecule has 0 aromatic heterocycles. The zero-order valence-electron chi connectivity index (χ0n) is 14.7. The molecule has 7 heteroatoms. The summed E-state index contributed by atoms with van der Waals surface area (Å²) >= 11 is 6.07. The largest absolute Gasteiger partial charge is 0.370 e. The van der Waals surface area contributed by atoms with E-state index in [2.05, 4.69) is 10.9 Å². The van der Waals surface area contributed by atoms with Crippen molar-refractivity contribution >= 4 is 17.5 Å². The van der Waals surface area contributed by atoms with E-state index in [9.17, 15) is 9.18 Å². The SMILES string of the molecule is O=C(C1CC(c2cccc(Cl)c2)NN1)N1CCOC(c2ccc(F)cc2)C1. The Hall–Kier alpha value is -1.99. The molecule has 3 unspecified atom stereocenters. The smallest absolute Gasteiger partial charge is 0.241 e. The van der Waals surface area contributed by atoms with Gasteiger partial charge in [0.15, 0.2) is 0 Å². The van der Waals surface area contributed by atoms with E-state index in [-0.39, 0.29) is 29.9 Å². The van der Waals surface area contributed by atoms with Crippen LogP contribution in [0.25, 0.3) is 0 Å². The van der Waals surface area contributed by atoms with Crippen molar-refractivity contribution in [1.82, 2.24) is 15.8 Å². The van der Waals surface area contributed by atoms with Crippen molar-refractivity contribution in [3.63, 3.8) is 0 Å². The van der Waals surface area contributed by atoms with Crippen LogP contribution in [-0.4, -0.2) is 36.5 Å². The average molecular weight is 390 g/mol. The van der Waals surface area contributed by atoms with Gasteiger partial charge >= 0.3 is 0 Å². The quantitative estimate of drug-likeness (QED) is 0.847. The van der Waals surface area contributed by atoms with Gasteiger partial charge in [0.05, 0.1) is 13.2 Å². The minimum atomic E-state index is -0.305. The first kappa shape index (κ1) is 18.4. The Labute approximate surface area is 162 Å². The molecule has 5 nitrogen and oxygen atoms in total. The molecule has 0 saturated carbocycles. The van der Waals surface area contributed by atoms with Gasteiger partial charge < -0.3 is 9.64 Å². The maximum absolute atomic E-state index is 13.1. The highest BCUT2D eigenvalue weighted by Crippen LogP contribution is 2.27. The third-order valence-electron chi connectivity index (χ3n) is 5.07. The fourth-order valence-corrected chi connectivity index (χ4v) is 3.81. The molecule has 2 fully saturated rings. The molecule has 3 atom stereocenters. The molecule has 2 aliphatic rings. The summed E-state index contributed by atoms with van der Waals surface area (Å²) < 4.78 is 18.9. The van der Waals surface area contributed by atoms with Crippen LogP contribution in [0.2, 0.25) is 5.02 Å². The summed E-state index contributed by atoms with van der Waals surface area (Å²) in [4.78, 5) is 14.8. The summed E-state index contributed by atoms with van der Waals surface area (Å²) in [7, 11) is 0. The highest BCUT2D eigenvalue weighted by atomic mass is 35.5. The molecule has 0 spiro atoms. The number of ether oxygens (including phenoxy) is 1. The van der Waals surface area contributed by atoms with Crippen molar-refractivity contribution < 1.29 is 13.9 Å². The van der Waals surface area contributed by atoms with E-state index < -0.39 is 0 Å². The number of morpholine rings is 1. The average Bonchev–Trinajstić information content (AvgIpc) is 3.18. The first-order valence-corrected chi connectivity index (χ1v) is 9.40. The van der Waals surface area contributed by atoms with Gasteiger partial charge in [-0.2, -0.15) is 0 Å². The van der Waals surface area contributed by atoms with Crippen LogP contribution < -0.4 is 10.9 Å². The molecule has 0 bridgehead atoms. The first-order valence-electron chi connectivity index (χ1n) is 9.02. The molecular weight excluding hydrogens is 369 g/mol. The number of carbonyl (C=O) groups is 1. The Morgan fingerprint density at radius 1 is 1.15 bits per heavy atom. The molecule has 0 aliphatic carbocycles. The number of benzene rings is 2. The van der Waals surface area contributed by atoms with Crippen LogP contribution >= 0.6 is 11.6 Å². The highest BCUT2D eigenvalue weighted by molar-refractivity contribution is 6.30. The van der Waals surface area contributed by atoms with Crippen molar-refractivity contribution in [2.75, 3.05) is 19.7 Å². The van der Waals surface area contributed by atoms with E-state index in [1.807, 2.05) is 29.2 Å². The summed E-state index contributed by atoms with van der Waals surface area (Å²) in [5.41, 5.74) is 8.23. The van der Waals surface area contributed by atoms with Crippen molar-refractivity contribution in [3.8, 4) is 0 Å². The number of halogens is 2. The Bertz CT molecular complexity index is 817. The Kier molecular flexibility index (Phi) is 5.41. The van der Waals surface area contributed by atoms with Gasteiger partial charge in [0.1, 0.15) is 18.0 Å². The molecule has 2 aromatic carbocycles. The van der Waals surface area contributed by atoms with Crippen LogP contribution in [0.3, 0.4) is 0 Å². The number of nitrogens with zero attached hydrogens (tertiary/aromatic N) is 1. The zero-order valence-corrected chi connectivity index (χ0v) is 15.5. The highest BCUT2D eigenvalue weighted by Gasteiger charge is 2.35. The van der Waals surface area contributed by atoms with Crippen molar-refractivity contribution in [1.29, 1.82) is 0 Å². The number of amides is 1. The maximum atomic E-state index is 13.1. The normalized spacial score (nSPS) is 25.6. The summed E-state index contributed by atoms with van der Waals surface area (Å²) in [5.74, 6) is -0.238. The summed E-state index contributed by atoms with van der Waals surface area (Å²) in [5, 5.41) is 0.680. The number of carbonyl (C=O) groups excluding carboxylic acids is 1. The first-order chi connectivity index (χ1) is 13.1. The predicted molar refractivity (Wildman–Crippen MR) is 101 cm³/mol. The second-order valence-electron chi connectivity index (χ2n) is 6.88. The molecule has 2 aliphatic heterocycles. The lowest BCUT2D eigenvalue weighted by molar-refractivity contribution is -0.141. The third kappa shape index (κ3) is 4.14. The van der Waals surface area contributed by atoms with Crippen molar-refractivity contribution in [3.05, 3.63) is 70.5 Å². The Morgan fingerprint density at radius 3 is 2.74 bits per heavy atom. The molecular formula is C20H21ClFN3O2. The fourth-order valence-electron chi connectivity index (χ4n) is 3.61. The summed E-state index contributed by atoms with van der Waals surface area (Å²) in [6.45, 7) is 1.48. The van der Waals surface area contributed by atoms with Gasteiger partial charge in [0.25, 0.3) is 0 Å². The summed E-state index contributed by atoms with van der Waals surface area (Å²) in [6.07, 6.45) is 0.416. The van der Waals surface area contributed by atoms with E-state index in [4.69, 9.17) is 16.3 Å². The van der Waals surface area contributed by atoms with Gasteiger partial charge in [-0.15, -0.1) is 0 Å². The van der Waals surface area contributed by atoms with E-state index in [0.717, 1.165) is 11.1 Å². The molecule has 2 heterocycles. The van der Waals surface area contributed by atoms with Crippen LogP contribution in [-0.2, 0) is 9.53 Å². The number of rotatable bonds is 3. The van der Waals surface area contributed by atoms with E-state index in [1.165, 1.54) is 12.1 Å². The predicted octanol–water partition coefficient (Wildman–Crippen LogP) is 2.99. The van der Waals surface area contributed by atoms with Crippen LogP contribution in [0, 0.1) is 5.82 Å². The van der Waals surface area contributed by atoms with Crippen molar-refractivity contribution in [2.45, 2.75) is 24.6 Å². The van der Waals surface area contributed by atoms with Crippen LogP contribution in [0.5, 0.6) is 0 Å². The molecule has 4 rings (SSSR count). The molecule has 2 aromatic rings. The lowest BCUT2D eigenvalue weighted by atomic mass is 10.0. The molecule has 2 saturated heterocycles. The van der Waals surface area contributed by atoms with Gasteiger partial charge in [-0.25, -0.2) is 15.2 Å². The minimum Gasteiger partial charge on any atom is -0.370 e. The number of hydrogen-bond donors (Lipinski definition) is 2. The number of nitrogens with one attached hydrogen (secondary N) is 2. The lowest BCUT2D eigenvalue weighted by Crippen LogP contribution is -2.50.